The van der Waals surface area contributed by atoms with Crippen LogP contribution in [-0.4, -0.2) is 17.7 Å². The van der Waals surface area contributed by atoms with Crippen LogP contribution in [0.15, 0.2) is 53.1 Å². The van der Waals surface area contributed by atoms with Crippen LogP contribution in [-0.2, 0) is 6.42 Å². The lowest BCUT2D eigenvalue weighted by Gasteiger charge is -2.22. The SMILES string of the molecule is OC(CNC1CCCC1Cc1ccccc1)c1ccco1. The Bertz CT molecular complexity index is 523. The van der Waals surface area contributed by atoms with E-state index in [1.165, 1.54) is 24.8 Å². The molecule has 0 radical (unpaired) electrons. The number of benzene rings is 1. The first-order valence-corrected chi connectivity index (χ1v) is 7.81. The summed E-state index contributed by atoms with van der Waals surface area (Å²) in [6.45, 7) is 0.559. The predicted octanol–water partition coefficient (Wildman–Crippen LogP) is 3.31. The molecule has 1 saturated carbocycles. The number of aliphatic hydroxyl groups is 1. The predicted molar refractivity (Wildman–Crippen MR) is 82.9 cm³/mol. The fraction of sp³-hybridized carbons (Fsp3) is 0.444. The normalized spacial score (nSPS) is 23.3. The van der Waals surface area contributed by atoms with Crippen LogP contribution < -0.4 is 5.32 Å². The quantitative estimate of drug-likeness (QED) is 0.856. The second kappa shape index (κ2) is 6.92. The van der Waals surface area contributed by atoms with E-state index in [0.29, 0.717) is 24.3 Å². The van der Waals surface area contributed by atoms with Crippen LogP contribution in [0.1, 0.15) is 36.7 Å². The van der Waals surface area contributed by atoms with E-state index in [4.69, 9.17) is 4.42 Å². The van der Waals surface area contributed by atoms with Crippen LogP contribution in [0, 0.1) is 5.92 Å². The molecule has 1 fully saturated rings. The van der Waals surface area contributed by atoms with Gasteiger partial charge in [0.2, 0.25) is 0 Å². The number of hydrogen-bond donors (Lipinski definition) is 2. The van der Waals surface area contributed by atoms with Crippen molar-refractivity contribution in [3.63, 3.8) is 0 Å². The monoisotopic (exact) mass is 285 g/mol. The summed E-state index contributed by atoms with van der Waals surface area (Å²) in [5, 5.41) is 13.6. The lowest BCUT2D eigenvalue weighted by atomic mass is 9.94. The van der Waals surface area contributed by atoms with E-state index in [2.05, 4.69) is 35.6 Å². The van der Waals surface area contributed by atoms with Gasteiger partial charge in [0, 0.05) is 12.6 Å². The van der Waals surface area contributed by atoms with Crippen LogP contribution in [0.25, 0.3) is 0 Å². The van der Waals surface area contributed by atoms with Gasteiger partial charge in [-0.2, -0.15) is 0 Å². The molecule has 3 heteroatoms. The molecule has 21 heavy (non-hydrogen) atoms. The number of nitrogens with one attached hydrogen (secondary N) is 1. The first kappa shape index (κ1) is 14.4. The van der Waals surface area contributed by atoms with Crippen molar-refractivity contribution in [1.82, 2.24) is 5.32 Å². The number of rotatable bonds is 6. The Morgan fingerprint density at radius 2 is 2.00 bits per heavy atom. The molecule has 3 nitrogen and oxygen atoms in total. The molecule has 112 valence electrons. The van der Waals surface area contributed by atoms with Crippen LogP contribution >= 0.6 is 0 Å². The molecule has 0 aliphatic heterocycles. The molecule has 2 aromatic rings. The minimum Gasteiger partial charge on any atom is -0.467 e. The van der Waals surface area contributed by atoms with Gasteiger partial charge in [0.15, 0.2) is 0 Å². The third-order valence-electron chi connectivity index (χ3n) is 4.44. The highest BCUT2D eigenvalue weighted by atomic mass is 16.4. The maximum Gasteiger partial charge on any atom is 0.133 e. The van der Waals surface area contributed by atoms with Gasteiger partial charge in [0.1, 0.15) is 11.9 Å². The molecule has 1 heterocycles. The number of aliphatic hydroxyl groups excluding tert-OH is 1. The van der Waals surface area contributed by atoms with E-state index in [1.54, 1.807) is 6.26 Å². The first-order valence-electron chi connectivity index (χ1n) is 7.81. The zero-order valence-electron chi connectivity index (χ0n) is 12.2. The second-order valence-corrected chi connectivity index (χ2v) is 5.93. The van der Waals surface area contributed by atoms with Crippen molar-refractivity contribution in [3.8, 4) is 0 Å². The van der Waals surface area contributed by atoms with E-state index in [9.17, 15) is 5.11 Å². The van der Waals surface area contributed by atoms with Crippen LogP contribution in [0.3, 0.4) is 0 Å². The molecule has 3 unspecified atom stereocenters. The highest BCUT2D eigenvalue weighted by molar-refractivity contribution is 5.16. The van der Waals surface area contributed by atoms with Gasteiger partial charge in [0.05, 0.1) is 6.26 Å². The summed E-state index contributed by atoms with van der Waals surface area (Å²) in [7, 11) is 0. The highest BCUT2D eigenvalue weighted by Crippen LogP contribution is 2.29. The summed E-state index contributed by atoms with van der Waals surface area (Å²) < 4.78 is 5.24. The third kappa shape index (κ3) is 3.74. The molecule has 0 amide bonds. The molecular formula is C18H23NO2. The summed E-state index contributed by atoms with van der Waals surface area (Å²) in [5.74, 6) is 1.30. The Morgan fingerprint density at radius 3 is 2.76 bits per heavy atom. The topological polar surface area (TPSA) is 45.4 Å². The molecular weight excluding hydrogens is 262 g/mol. The molecule has 1 aliphatic rings. The van der Waals surface area contributed by atoms with Crippen LogP contribution in [0.4, 0.5) is 0 Å². The Kier molecular flexibility index (Phi) is 4.73. The zero-order valence-corrected chi connectivity index (χ0v) is 12.2. The fourth-order valence-electron chi connectivity index (χ4n) is 3.31. The second-order valence-electron chi connectivity index (χ2n) is 5.93. The fourth-order valence-corrected chi connectivity index (χ4v) is 3.31. The van der Waals surface area contributed by atoms with Gasteiger partial charge in [-0.25, -0.2) is 0 Å². The van der Waals surface area contributed by atoms with E-state index in [-0.39, 0.29) is 0 Å². The standard InChI is InChI=1S/C18H23NO2/c20-17(18-10-5-11-21-18)13-19-16-9-4-8-15(16)12-14-6-2-1-3-7-14/h1-3,5-7,10-11,15-17,19-20H,4,8-9,12-13H2. The molecule has 0 saturated heterocycles. The molecule has 1 aromatic heterocycles. The molecule has 0 spiro atoms. The zero-order chi connectivity index (χ0) is 14.5. The van der Waals surface area contributed by atoms with E-state index in [1.807, 2.05) is 12.1 Å². The maximum atomic E-state index is 10.1. The van der Waals surface area contributed by atoms with Gasteiger partial charge in [-0.15, -0.1) is 0 Å². The Hall–Kier alpha value is -1.58. The summed E-state index contributed by atoms with van der Waals surface area (Å²) >= 11 is 0. The smallest absolute Gasteiger partial charge is 0.133 e. The summed E-state index contributed by atoms with van der Waals surface area (Å²) in [6.07, 6.45) is 5.90. The van der Waals surface area contributed by atoms with Crippen molar-refractivity contribution in [2.45, 2.75) is 37.8 Å². The molecule has 0 bridgehead atoms. The molecule has 1 aliphatic carbocycles. The Labute approximate surface area is 126 Å². The van der Waals surface area contributed by atoms with E-state index in [0.717, 1.165) is 6.42 Å². The van der Waals surface area contributed by atoms with Gasteiger partial charge in [0.25, 0.3) is 0 Å². The van der Waals surface area contributed by atoms with Gasteiger partial charge in [-0.1, -0.05) is 36.8 Å². The molecule has 2 N–H and O–H groups in total. The third-order valence-corrected chi connectivity index (χ3v) is 4.44. The minimum absolute atomic E-state index is 0.495. The minimum atomic E-state index is -0.557. The van der Waals surface area contributed by atoms with Crippen LogP contribution in [0.2, 0.25) is 0 Å². The van der Waals surface area contributed by atoms with Crippen LogP contribution in [0.5, 0.6) is 0 Å². The van der Waals surface area contributed by atoms with Gasteiger partial charge >= 0.3 is 0 Å². The average Bonchev–Trinajstić information content (AvgIpc) is 3.18. The lowest BCUT2D eigenvalue weighted by Crippen LogP contribution is -2.36. The maximum absolute atomic E-state index is 10.1. The first-order chi connectivity index (χ1) is 10.3. The summed E-state index contributed by atoms with van der Waals surface area (Å²) in [4.78, 5) is 0. The summed E-state index contributed by atoms with van der Waals surface area (Å²) in [5.41, 5.74) is 1.41. The van der Waals surface area contributed by atoms with Gasteiger partial charge < -0.3 is 14.8 Å². The molecule has 3 rings (SSSR count). The average molecular weight is 285 g/mol. The van der Waals surface area contributed by atoms with Crippen molar-refractivity contribution < 1.29 is 9.52 Å². The van der Waals surface area contributed by atoms with Crippen molar-refractivity contribution in [2.75, 3.05) is 6.54 Å². The van der Waals surface area contributed by atoms with Gasteiger partial charge in [-0.3, -0.25) is 0 Å². The number of hydrogen-bond acceptors (Lipinski definition) is 3. The van der Waals surface area contributed by atoms with E-state index >= 15 is 0 Å². The summed E-state index contributed by atoms with van der Waals surface area (Å²) in [6, 6.07) is 14.8. The van der Waals surface area contributed by atoms with Crippen molar-refractivity contribution in [2.24, 2.45) is 5.92 Å². The Morgan fingerprint density at radius 1 is 1.14 bits per heavy atom. The lowest BCUT2D eigenvalue weighted by molar-refractivity contribution is 0.140. The van der Waals surface area contributed by atoms with Crippen molar-refractivity contribution in [1.29, 1.82) is 0 Å². The largest absolute Gasteiger partial charge is 0.467 e. The van der Waals surface area contributed by atoms with E-state index < -0.39 is 6.10 Å². The van der Waals surface area contributed by atoms with Crippen molar-refractivity contribution in [3.05, 3.63) is 60.1 Å². The van der Waals surface area contributed by atoms with Gasteiger partial charge in [-0.05, 0) is 42.9 Å². The van der Waals surface area contributed by atoms with Crippen molar-refractivity contribution >= 4 is 0 Å². The molecule has 3 atom stereocenters. The number of furan rings is 1. The Balaban J connectivity index is 1.52. The molecule has 1 aromatic carbocycles. The highest BCUT2D eigenvalue weighted by Gasteiger charge is 2.27.